The van der Waals surface area contributed by atoms with E-state index in [0.717, 1.165) is 4.90 Å². The Bertz CT molecular complexity index is 462. The molecule has 0 aromatic heterocycles. The quantitative estimate of drug-likeness (QED) is 0.440. The summed E-state index contributed by atoms with van der Waals surface area (Å²) in [5.74, 6) is 0.140. The molecule has 0 spiro atoms. The first-order valence-corrected chi connectivity index (χ1v) is 7.06. The van der Waals surface area contributed by atoms with Gasteiger partial charge >= 0.3 is 5.97 Å². The van der Waals surface area contributed by atoms with E-state index in [0.29, 0.717) is 10.8 Å². The summed E-state index contributed by atoms with van der Waals surface area (Å²) in [6.45, 7) is 1.99. The molecule has 1 aromatic rings. The Morgan fingerprint density at radius 2 is 2.11 bits per heavy atom. The Morgan fingerprint density at radius 3 is 2.68 bits per heavy atom. The van der Waals surface area contributed by atoms with Gasteiger partial charge in [-0.1, -0.05) is 11.6 Å². The second-order valence-electron chi connectivity index (χ2n) is 3.61. The van der Waals surface area contributed by atoms with Gasteiger partial charge in [-0.05, 0) is 25.1 Å². The molecule has 0 amide bonds. The number of Topliss-reactive ketones (excluding diaryl/α,β-unsaturated/α-hetero) is 1. The van der Waals surface area contributed by atoms with E-state index in [1.807, 2.05) is 6.07 Å². The minimum atomic E-state index is -0.485. The summed E-state index contributed by atoms with van der Waals surface area (Å²) < 4.78 is 9.74. The smallest absolute Gasteiger partial charge is 0.313 e. The molecule has 1 rings (SSSR count). The van der Waals surface area contributed by atoms with Crippen molar-refractivity contribution in [2.24, 2.45) is 0 Å². The Labute approximate surface area is 121 Å². The predicted octanol–water partition coefficient (Wildman–Crippen LogP) is 2.96. The fourth-order valence-corrected chi connectivity index (χ4v) is 2.44. The van der Waals surface area contributed by atoms with Crippen LogP contribution in [-0.2, 0) is 14.3 Å². The van der Waals surface area contributed by atoms with Crippen LogP contribution in [0.15, 0.2) is 23.1 Å². The van der Waals surface area contributed by atoms with Crippen LogP contribution in [-0.4, -0.2) is 31.2 Å². The molecule has 0 aliphatic carbocycles. The predicted molar refractivity (Wildman–Crippen MR) is 75.0 cm³/mol. The van der Waals surface area contributed by atoms with Crippen molar-refractivity contribution in [1.82, 2.24) is 0 Å². The lowest BCUT2D eigenvalue weighted by molar-refractivity contribution is -0.145. The summed E-state index contributed by atoms with van der Waals surface area (Å²) in [5.41, 5.74) is 0. The number of thioether (sulfide) groups is 1. The lowest BCUT2D eigenvalue weighted by Gasteiger charge is -2.05. The van der Waals surface area contributed by atoms with Crippen molar-refractivity contribution >= 4 is 35.1 Å². The third-order valence-electron chi connectivity index (χ3n) is 2.17. The minimum Gasteiger partial charge on any atom is -0.495 e. The molecule has 0 aliphatic rings. The maximum Gasteiger partial charge on any atom is 0.313 e. The van der Waals surface area contributed by atoms with E-state index < -0.39 is 5.97 Å². The van der Waals surface area contributed by atoms with Crippen molar-refractivity contribution < 1.29 is 19.1 Å². The first-order chi connectivity index (χ1) is 9.06. The van der Waals surface area contributed by atoms with Gasteiger partial charge in [0.05, 0.1) is 24.5 Å². The fraction of sp³-hybridized carbons (Fsp3) is 0.385. The van der Waals surface area contributed by atoms with Crippen molar-refractivity contribution in [2.45, 2.75) is 18.2 Å². The minimum absolute atomic E-state index is 0.171. The van der Waals surface area contributed by atoms with Gasteiger partial charge in [-0.2, -0.15) is 0 Å². The van der Waals surface area contributed by atoms with Gasteiger partial charge in [0.15, 0.2) is 5.78 Å². The summed E-state index contributed by atoms with van der Waals surface area (Å²) in [6.07, 6.45) is -0.190. The summed E-state index contributed by atoms with van der Waals surface area (Å²) in [5, 5.41) is 0.491. The highest BCUT2D eigenvalue weighted by molar-refractivity contribution is 8.00. The van der Waals surface area contributed by atoms with Crippen LogP contribution in [0, 0.1) is 0 Å². The molecule has 0 radical (unpaired) electrons. The lowest BCUT2D eigenvalue weighted by Crippen LogP contribution is -2.12. The number of hydrogen-bond donors (Lipinski definition) is 0. The molecule has 1 aromatic carbocycles. The first kappa shape index (κ1) is 15.9. The van der Waals surface area contributed by atoms with Crippen LogP contribution in [0.1, 0.15) is 13.3 Å². The van der Waals surface area contributed by atoms with E-state index in [1.54, 1.807) is 19.1 Å². The van der Waals surface area contributed by atoms with Gasteiger partial charge in [0, 0.05) is 4.90 Å². The first-order valence-electron chi connectivity index (χ1n) is 5.70. The highest BCUT2D eigenvalue weighted by Crippen LogP contribution is 2.29. The highest BCUT2D eigenvalue weighted by Gasteiger charge is 2.11. The summed E-state index contributed by atoms with van der Waals surface area (Å²) in [4.78, 5) is 23.5. The maximum atomic E-state index is 11.5. The van der Waals surface area contributed by atoms with Crippen LogP contribution >= 0.6 is 23.4 Å². The van der Waals surface area contributed by atoms with Crippen molar-refractivity contribution in [1.29, 1.82) is 0 Å². The van der Waals surface area contributed by atoms with E-state index in [9.17, 15) is 9.59 Å². The number of hydrogen-bond acceptors (Lipinski definition) is 5. The number of ether oxygens (including phenoxy) is 2. The second-order valence-corrected chi connectivity index (χ2v) is 5.06. The Hall–Kier alpha value is -1.20. The molecule has 4 nitrogen and oxygen atoms in total. The van der Waals surface area contributed by atoms with Gasteiger partial charge in [-0.3, -0.25) is 9.59 Å². The lowest BCUT2D eigenvalue weighted by atomic mass is 10.3. The van der Waals surface area contributed by atoms with Gasteiger partial charge < -0.3 is 9.47 Å². The maximum absolute atomic E-state index is 11.5. The van der Waals surface area contributed by atoms with Gasteiger partial charge in [0.2, 0.25) is 0 Å². The largest absolute Gasteiger partial charge is 0.495 e. The zero-order chi connectivity index (χ0) is 14.3. The number of esters is 1. The molecule has 0 unspecified atom stereocenters. The molecule has 0 heterocycles. The fourth-order valence-electron chi connectivity index (χ4n) is 1.32. The van der Waals surface area contributed by atoms with Gasteiger partial charge in [0.25, 0.3) is 0 Å². The zero-order valence-electron chi connectivity index (χ0n) is 10.8. The molecule has 0 saturated heterocycles. The average Bonchev–Trinajstić information content (AvgIpc) is 2.36. The van der Waals surface area contributed by atoms with Crippen LogP contribution in [0.25, 0.3) is 0 Å². The van der Waals surface area contributed by atoms with Crippen LogP contribution in [0.3, 0.4) is 0 Å². The second kappa shape index (κ2) is 8.07. The molecule has 0 N–H and O–H groups in total. The summed E-state index contributed by atoms with van der Waals surface area (Å²) in [6, 6.07) is 5.27. The number of ketones is 1. The standard InChI is InChI=1S/C13H15ClO4S/c1-3-18-13(16)6-9(15)8-19-10-4-5-12(17-2)11(14)7-10/h4-5,7H,3,6,8H2,1-2H3. The van der Waals surface area contributed by atoms with E-state index in [-0.39, 0.29) is 24.6 Å². The average molecular weight is 303 g/mol. The number of rotatable bonds is 7. The molecule has 6 heteroatoms. The molecule has 0 saturated carbocycles. The Morgan fingerprint density at radius 1 is 1.37 bits per heavy atom. The van der Waals surface area contributed by atoms with Gasteiger partial charge in [-0.25, -0.2) is 0 Å². The monoisotopic (exact) mass is 302 g/mol. The Balaban J connectivity index is 2.46. The number of halogens is 1. The molecule has 0 aliphatic heterocycles. The van der Waals surface area contributed by atoms with Crippen LogP contribution < -0.4 is 4.74 Å². The van der Waals surface area contributed by atoms with Crippen LogP contribution in [0.4, 0.5) is 0 Å². The topological polar surface area (TPSA) is 52.6 Å². The highest BCUT2D eigenvalue weighted by atomic mass is 35.5. The van der Waals surface area contributed by atoms with Crippen molar-refractivity contribution in [3.63, 3.8) is 0 Å². The van der Waals surface area contributed by atoms with Crippen LogP contribution in [0.2, 0.25) is 5.02 Å². The van der Waals surface area contributed by atoms with E-state index in [4.69, 9.17) is 21.1 Å². The van der Waals surface area contributed by atoms with Crippen molar-refractivity contribution in [2.75, 3.05) is 19.5 Å². The molecule has 104 valence electrons. The van der Waals surface area contributed by atoms with Crippen molar-refractivity contribution in [3.8, 4) is 5.75 Å². The number of methoxy groups -OCH3 is 1. The van der Waals surface area contributed by atoms with Gasteiger partial charge in [0.1, 0.15) is 12.2 Å². The molecular weight excluding hydrogens is 288 g/mol. The van der Waals surface area contributed by atoms with E-state index in [1.165, 1.54) is 18.9 Å². The molecule has 0 atom stereocenters. The van der Waals surface area contributed by atoms with Crippen molar-refractivity contribution in [3.05, 3.63) is 23.2 Å². The van der Waals surface area contributed by atoms with Gasteiger partial charge in [-0.15, -0.1) is 11.8 Å². The normalized spacial score (nSPS) is 10.1. The summed E-state index contributed by atoms with van der Waals surface area (Å²) >= 11 is 7.30. The number of carbonyl (C=O) groups excluding carboxylic acids is 2. The number of benzene rings is 1. The molecular formula is C13H15ClO4S. The molecule has 19 heavy (non-hydrogen) atoms. The third-order valence-corrected chi connectivity index (χ3v) is 3.52. The zero-order valence-corrected chi connectivity index (χ0v) is 12.3. The summed E-state index contributed by atoms with van der Waals surface area (Å²) in [7, 11) is 1.54. The molecule has 0 fully saturated rings. The van der Waals surface area contributed by atoms with E-state index in [2.05, 4.69) is 0 Å². The molecule has 0 bridgehead atoms. The van der Waals surface area contributed by atoms with E-state index >= 15 is 0 Å². The SMILES string of the molecule is CCOC(=O)CC(=O)CSc1ccc(OC)c(Cl)c1. The number of carbonyl (C=O) groups is 2. The van der Waals surface area contributed by atoms with Crippen LogP contribution in [0.5, 0.6) is 5.75 Å². The third kappa shape index (κ3) is 5.53. The Kier molecular flexibility index (Phi) is 6.73.